The molecule has 1 atom stereocenters. The SMILES string of the molecule is CCC1=CC[C@H](F)CC1. The fourth-order valence-electron chi connectivity index (χ4n) is 1.18. The molecule has 0 amide bonds. The second kappa shape index (κ2) is 3.00. The van der Waals surface area contributed by atoms with Gasteiger partial charge in [0, 0.05) is 0 Å². The molecule has 0 aromatic heterocycles. The summed E-state index contributed by atoms with van der Waals surface area (Å²) in [5, 5.41) is 0. The smallest absolute Gasteiger partial charge is 0.104 e. The molecular formula is C8H13F. The molecule has 0 nitrogen and oxygen atoms in total. The monoisotopic (exact) mass is 128 g/mol. The molecule has 0 radical (unpaired) electrons. The van der Waals surface area contributed by atoms with E-state index in [-0.39, 0.29) is 0 Å². The Bertz CT molecular complexity index is 116. The zero-order valence-corrected chi connectivity index (χ0v) is 5.86. The summed E-state index contributed by atoms with van der Waals surface area (Å²) in [7, 11) is 0. The fraction of sp³-hybridized carbons (Fsp3) is 0.750. The molecule has 9 heavy (non-hydrogen) atoms. The molecule has 1 aliphatic carbocycles. The van der Waals surface area contributed by atoms with Gasteiger partial charge in [0.2, 0.25) is 0 Å². The highest BCUT2D eigenvalue weighted by Gasteiger charge is 2.10. The average molecular weight is 128 g/mol. The third-order valence-electron chi connectivity index (χ3n) is 1.90. The predicted octanol–water partition coefficient (Wildman–Crippen LogP) is 2.84. The molecule has 0 saturated carbocycles. The van der Waals surface area contributed by atoms with Crippen LogP contribution in [0.3, 0.4) is 0 Å². The van der Waals surface area contributed by atoms with Crippen molar-refractivity contribution in [1.82, 2.24) is 0 Å². The van der Waals surface area contributed by atoms with E-state index in [1.54, 1.807) is 0 Å². The molecule has 0 aromatic carbocycles. The van der Waals surface area contributed by atoms with Crippen molar-refractivity contribution in [3.8, 4) is 0 Å². The zero-order valence-electron chi connectivity index (χ0n) is 5.86. The lowest BCUT2D eigenvalue weighted by Gasteiger charge is -2.13. The molecule has 0 spiro atoms. The second-order valence-corrected chi connectivity index (χ2v) is 2.59. The first kappa shape index (κ1) is 6.79. The van der Waals surface area contributed by atoms with Crippen LogP contribution in [-0.4, -0.2) is 6.17 Å². The van der Waals surface area contributed by atoms with Gasteiger partial charge in [0.25, 0.3) is 0 Å². The second-order valence-electron chi connectivity index (χ2n) is 2.59. The van der Waals surface area contributed by atoms with Crippen LogP contribution in [0.2, 0.25) is 0 Å². The molecule has 0 bridgehead atoms. The summed E-state index contributed by atoms with van der Waals surface area (Å²) in [5.41, 5.74) is 1.43. The van der Waals surface area contributed by atoms with Crippen molar-refractivity contribution < 1.29 is 4.39 Å². The largest absolute Gasteiger partial charge is 0.247 e. The van der Waals surface area contributed by atoms with E-state index >= 15 is 0 Å². The Balaban J connectivity index is 2.40. The van der Waals surface area contributed by atoms with E-state index in [9.17, 15) is 4.39 Å². The van der Waals surface area contributed by atoms with Gasteiger partial charge in [-0.3, -0.25) is 0 Å². The molecule has 0 aromatic rings. The first-order valence-corrected chi connectivity index (χ1v) is 3.65. The Morgan fingerprint density at radius 2 is 2.56 bits per heavy atom. The van der Waals surface area contributed by atoms with Crippen LogP contribution in [0.4, 0.5) is 4.39 Å². The van der Waals surface area contributed by atoms with E-state index in [2.05, 4.69) is 6.92 Å². The zero-order chi connectivity index (χ0) is 6.69. The average Bonchev–Trinajstić information content (AvgIpc) is 1.90. The summed E-state index contributed by atoms with van der Waals surface area (Å²) in [6.45, 7) is 2.13. The third-order valence-corrected chi connectivity index (χ3v) is 1.90. The first-order valence-electron chi connectivity index (χ1n) is 3.65. The van der Waals surface area contributed by atoms with E-state index in [4.69, 9.17) is 0 Å². The maximum atomic E-state index is 12.4. The van der Waals surface area contributed by atoms with Crippen molar-refractivity contribution in [3.05, 3.63) is 11.6 Å². The standard InChI is InChI=1S/C8H13F/c1-2-7-3-5-8(9)6-4-7/h3,8H,2,4-6H2,1H3/t8-/m0/s1. The lowest BCUT2D eigenvalue weighted by Crippen LogP contribution is -2.04. The van der Waals surface area contributed by atoms with Crippen molar-refractivity contribution >= 4 is 0 Å². The van der Waals surface area contributed by atoms with Gasteiger partial charge >= 0.3 is 0 Å². The molecule has 52 valence electrons. The van der Waals surface area contributed by atoms with Gasteiger partial charge in [-0.2, -0.15) is 0 Å². The first-order chi connectivity index (χ1) is 4.33. The van der Waals surface area contributed by atoms with Crippen LogP contribution >= 0.6 is 0 Å². The van der Waals surface area contributed by atoms with Crippen molar-refractivity contribution in [2.24, 2.45) is 0 Å². The molecular weight excluding hydrogens is 115 g/mol. The van der Waals surface area contributed by atoms with Gasteiger partial charge in [-0.1, -0.05) is 18.6 Å². The van der Waals surface area contributed by atoms with Crippen molar-refractivity contribution in [1.29, 1.82) is 0 Å². The van der Waals surface area contributed by atoms with Crippen LogP contribution in [0, 0.1) is 0 Å². The lowest BCUT2D eigenvalue weighted by atomic mass is 9.97. The number of hydrogen-bond donors (Lipinski definition) is 0. The van der Waals surface area contributed by atoms with Gasteiger partial charge in [-0.25, -0.2) is 4.39 Å². The third kappa shape index (κ3) is 1.81. The molecule has 0 N–H and O–H groups in total. The Morgan fingerprint density at radius 3 is 3.00 bits per heavy atom. The Labute approximate surface area is 55.8 Å². The minimum Gasteiger partial charge on any atom is -0.247 e. The van der Waals surface area contributed by atoms with Crippen molar-refractivity contribution in [3.63, 3.8) is 0 Å². The van der Waals surface area contributed by atoms with E-state index in [1.807, 2.05) is 6.08 Å². The number of rotatable bonds is 1. The maximum Gasteiger partial charge on any atom is 0.104 e. The highest BCUT2D eigenvalue weighted by atomic mass is 19.1. The Kier molecular flexibility index (Phi) is 2.26. The maximum absolute atomic E-state index is 12.4. The molecule has 0 unspecified atom stereocenters. The summed E-state index contributed by atoms with van der Waals surface area (Å²) in [6, 6.07) is 0. The minimum atomic E-state index is -0.555. The van der Waals surface area contributed by atoms with Gasteiger partial charge < -0.3 is 0 Å². The highest BCUT2D eigenvalue weighted by Crippen LogP contribution is 2.21. The van der Waals surface area contributed by atoms with Crippen LogP contribution in [0.5, 0.6) is 0 Å². The van der Waals surface area contributed by atoms with Crippen LogP contribution in [0.15, 0.2) is 11.6 Å². The molecule has 1 rings (SSSR count). The molecule has 1 aliphatic rings. The van der Waals surface area contributed by atoms with Crippen molar-refractivity contribution in [2.45, 2.75) is 38.8 Å². The summed E-state index contributed by atoms with van der Waals surface area (Å²) >= 11 is 0. The van der Waals surface area contributed by atoms with Gasteiger partial charge in [-0.15, -0.1) is 0 Å². The van der Waals surface area contributed by atoms with Crippen LogP contribution < -0.4 is 0 Å². The van der Waals surface area contributed by atoms with Gasteiger partial charge in [0.05, 0.1) is 0 Å². The summed E-state index contributed by atoms with van der Waals surface area (Å²) in [4.78, 5) is 0. The minimum absolute atomic E-state index is 0.555. The Hall–Kier alpha value is -0.330. The fourth-order valence-corrected chi connectivity index (χ4v) is 1.18. The topological polar surface area (TPSA) is 0 Å². The van der Waals surface area contributed by atoms with E-state index in [1.165, 1.54) is 5.57 Å². The molecule has 1 heteroatoms. The summed E-state index contributed by atoms with van der Waals surface area (Å²) < 4.78 is 12.4. The van der Waals surface area contributed by atoms with Crippen LogP contribution in [0.25, 0.3) is 0 Å². The van der Waals surface area contributed by atoms with Gasteiger partial charge in [0.1, 0.15) is 6.17 Å². The van der Waals surface area contributed by atoms with Gasteiger partial charge in [-0.05, 0) is 25.7 Å². The Morgan fingerprint density at radius 1 is 1.78 bits per heavy atom. The molecule has 0 aliphatic heterocycles. The number of alkyl halides is 1. The van der Waals surface area contributed by atoms with Gasteiger partial charge in [0.15, 0.2) is 0 Å². The lowest BCUT2D eigenvalue weighted by molar-refractivity contribution is 0.306. The van der Waals surface area contributed by atoms with Crippen molar-refractivity contribution in [2.75, 3.05) is 0 Å². The van der Waals surface area contributed by atoms with E-state index in [0.717, 1.165) is 19.3 Å². The summed E-state index contributed by atoms with van der Waals surface area (Å²) in [5.74, 6) is 0. The quantitative estimate of drug-likeness (QED) is 0.476. The normalized spacial score (nSPS) is 27.8. The highest BCUT2D eigenvalue weighted by molar-refractivity contribution is 5.05. The van der Waals surface area contributed by atoms with E-state index in [0.29, 0.717) is 6.42 Å². The number of allylic oxidation sites excluding steroid dienone is 2. The van der Waals surface area contributed by atoms with Crippen LogP contribution in [0.1, 0.15) is 32.6 Å². The number of hydrogen-bond acceptors (Lipinski definition) is 0. The molecule has 0 heterocycles. The number of halogens is 1. The molecule has 0 fully saturated rings. The van der Waals surface area contributed by atoms with Crippen LogP contribution in [-0.2, 0) is 0 Å². The summed E-state index contributed by atoms with van der Waals surface area (Å²) in [6.07, 6.45) is 4.99. The molecule has 0 saturated heterocycles. The predicted molar refractivity (Wildman–Crippen MR) is 37.1 cm³/mol. The van der Waals surface area contributed by atoms with E-state index < -0.39 is 6.17 Å².